The quantitative estimate of drug-likeness (QED) is 0.688. The van der Waals surface area contributed by atoms with Crippen LogP contribution < -0.4 is 20.7 Å². The molecule has 1 aromatic carbocycles. The fourth-order valence-electron chi connectivity index (χ4n) is 2.37. The smallest absolute Gasteiger partial charge is 0.322 e. The summed E-state index contributed by atoms with van der Waals surface area (Å²) in [4.78, 5) is 34.6. The first kappa shape index (κ1) is 16.8. The van der Waals surface area contributed by atoms with Crippen LogP contribution in [0, 0.1) is 0 Å². The summed E-state index contributed by atoms with van der Waals surface area (Å²) < 4.78 is 5.74. The Labute approximate surface area is 134 Å². The summed E-state index contributed by atoms with van der Waals surface area (Å²) in [7, 11) is 0. The molecule has 23 heavy (non-hydrogen) atoms. The second-order valence-electron chi connectivity index (χ2n) is 5.71. The van der Waals surface area contributed by atoms with Crippen molar-refractivity contribution in [2.45, 2.75) is 45.4 Å². The SMILES string of the molecule is CC(C)Oc1ccccc1[C@H](C)NC(=O)C[C@@H]1NC(=O)NC1=O. The van der Waals surface area contributed by atoms with Gasteiger partial charge in [0.15, 0.2) is 0 Å². The lowest BCUT2D eigenvalue weighted by Gasteiger charge is -2.20. The zero-order valence-corrected chi connectivity index (χ0v) is 13.4. The van der Waals surface area contributed by atoms with Crippen LogP contribution in [0.3, 0.4) is 0 Å². The first-order valence-corrected chi connectivity index (χ1v) is 7.53. The van der Waals surface area contributed by atoms with E-state index in [4.69, 9.17) is 4.74 Å². The molecular weight excluding hydrogens is 298 g/mol. The number of urea groups is 1. The molecule has 1 aliphatic heterocycles. The van der Waals surface area contributed by atoms with Crippen LogP contribution in [0.25, 0.3) is 0 Å². The summed E-state index contributed by atoms with van der Waals surface area (Å²) in [6, 6.07) is 5.80. The number of para-hydroxylation sites is 1. The molecule has 1 aliphatic rings. The average molecular weight is 319 g/mol. The van der Waals surface area contributed by atoms with Crippen molar-refractivity contribution in [1.29, 1.82) is 0 Å². The van der Waals surface area contributed by atoms with Crippen molar-refractivity contribution in [3.63, 3.8) is 0 Å². The van der Waals surface area contributed by atoms with Crippen molar-refractivity contribution in [1.82, 2.24) is 16.0 Å². The molecule has 1 heterocycles. The van der Waals surface area contributed by atoms with Gasteiger partial charge in [-0.25, -0.2) is 4.79 Å². The normalized spacial score (nSPS) is 18.3. The molecule has 0 unspecified atom stereocenters. The third-order valence-electron chi connectivity index (χ3n) is 3.37. The largest absolute Gasteiger partial charge is 0.491 e. The molecule has 0 saturated carbocycles. The maximum atomic E-state index is 12.1. The van der Waals surface area contributed by atoms with Crippen molar-refractivity contribution in [3.8, 4) is 5.75 Å². The van der Waals surface area contributed by atoms with Gasteiger partial charge in [-0.15, -0.1) is 0 Å². The predicted octanol–water partition coefficient (Wildman–Crippen LogP) is 1.25. The lowest BCUT2D eigenvalue weighted by Crippen LogP contribution is -2.37. The minimum atomic E-state index is -0.822. The summed E-state index contributed by atoms with van der Waals surface area (Å²) in [5.74, 6) is -0.0947. The van der Waals surface area contributed by atoms with Crippen molar-refractivity contribution in [2.24, 2.45) is 0 Å². The van der Waals surface area contributed by atoms with Gasteiger partial charge in [0, 0.05) is 5.56 Å². The third kappa shape index (κ3) is 4.45. The monoisotopic (exact) mass is 319 g/mol. The van der Waals surface area contributed by atoms with Crippen molar-refractivity contribution >= 4 is 17.8 Å². The molecule has 4 amide bonds. The predicted molar refractivity (Wildman–Crippen MR) is 83.8 cm³/mol. The highest BCUT2D eigenvalue weighted by Crippen LogP contribution is 2.25. The highest BCUT2D eigenvalue weighted by Gasteiger charge is 2.31. The second kappa shape index (κ2) is 7.13. The van der Waals surface area contributed by atoms with E-state index in [-0.39, 0.29) is 24.5 Å². The van der Waals surface area contributed by atoms with Crippen LogP contribution in [0.2, 0.25) is 0 Å². The number of nitrogens with one attached hydrogen (secondary N) is 3. The number of benzene rings is 1. The Kier molecular flexibility index (Phi) is 5.20. The number of ether oxygens (including phenoxy) is 1. The Morgan fingerprint density at radius 1 is 1.26 bits per heavy atom. The molecular formula is C16H21N3O4. The molecule has 0 bridgehead atoms. The lowest BCUT2D eigenvalue weighted by molar-refractivity contribution is -0.126. The third-order valence-corrected chi connectivity index (χ3v) is 3.37. The maximum Gasteiger partial charge on any atom is 0.322 e. The van der Waals surface area contributed by atoms with Gasteiger partial charge in [-0.1, -0.05) is 18.2 Å². The molecule has 7 heteroatoms. The van der Waals surface area contributed by atoms with Crippen LogP contribution in [-0.2, 0) is 9.59 Å². The Balaban J connectivity index is 1.99. The number of imide groups is 1. The number of hydrogen-bond donors (Lipinski definition) is 3. The topological polar surface area (TPSA) is 96.5 Å². The molecule has 124 valence electrons. The van der Waals surface area contributed by atoms with E-state index in [0.29, 0.717) is 5.75 Å². The Morgan fingerprint density at radius 2 is 1.96 bits per heavy atom. The van der Waals surface area contributed by atoms with Gasteiger partial charge >= 0.3 is 6.03 Å². The molecule has 1 fully saturated rings. The number of rotatable bonds is 6. The molecule has 2 rings (SSSR count). The zero-order valence-electron chi connectivity index (χ0n) is 13.4. The number of amides is 4. The summed E-state index contributed by atoms with van der Waals surface area (Å²) in [5.41, 5.74) is 0.856. The average Bonchev–Trinajstić information content (AvgIpc) is 2.76. The Bertz CT molecular complexity index is 615. The molecule has 1 saturated heterocycles. The van der Waals surface area contributed by atoms with Crippen LogP contribution in [0.5, 0.6) is 5.75 Å². The van der Waals surface area contributed by atoms with Gasteiger partial charge in [-0.3, -0.25) is 14.9 Å². The minimum Gasteiger partial charge on any atom is -0.491 e. The standard InChI is InChI=1S/C16H21N3O4/c1-9(2)23-13-7-5-4-6-11(13)10(3)17-14(20)8-12-15(21)19-16(22)18-12/h4-7,9-10,12H,8H2,1-3H3,(H,17,20)(H2,18,19,21,22)/t10-,12-/m0/s1. The van der Waals surface area contributed by atoms with Crippen LogP contribution in [0.1, 0.15) is 38.8 Å². The molecule has 1 aromatic rings. The molecule has 0 aromatic heterocycles. The first-order valence-electron chi connectivity index (χ1n) is 7.53. The minimum absolute atomic E-state index is 0.0245. The van der Waals surface area contributed by atoms with Gasteiger partial charge in [-0.2, -0.15) is 0 Å². The van der Waals surface area contributed by atoms with E-state index >= 15 is 0 Å². The molecule has 0 spiro atoms. The first-order chi connectivity index (χ1) is 10.9. The van der Waals surface area contributed by atoms with Gasteiger partial charge in [0.1, 0.15) is 11.8 Å². The summed E-state index contributed by atoms with van der Waals surface area (Å²) >= 11 is 0. The van der Waals surface area contributed by atoms with Crippen LogP contribution in [-0.4, -0.2) is 30.0 Å². The van der Waals surface area contributed by atoms with Crippen LogP contribution >= 0.6 is 0 Å². The molecule has 0 radical (unpaired) electrons. The number of carbonyl (C=O) groups is 3. The maximum absolute atomic E-state index is 12.1. The molecule has 3 N–H and O–H groups in total. The second-order valence-corrected chi connectivity index (χ2v) is 5.71. The molecule has 2 atom stereocenters. The van der Waals surface area contributed by atoms with Gasteiger partial charge in [0.2, 0.25) is 5.91 Å². The fraction of sp³-hybridized carbons (Fsp3) is 0.438. The van der Waals surface area contributed by atoms with Crippen molar-refractivity contribution < 1.29 is 19.1 Å². The summed E-state index contributed by atoms with van der Waals surface area (Å²) in [5, 5.41) is 7.32. The van der Waals surface area contributed by atoms with Gasteiger partial charge in [0.25, 0.3) is 5.91 Å². The summed E-state index contributed by atoms with van der Waals surface area (Å²) in [6.45, 7) is 5.70. The Hall–Kier alpha value is -2.57. The van der Waals surface area contributed by atoms with Crippen LogP contribution in [0.4, 0.5) is 4.79 Å². The highest BCUT2D eigenvalue weighted by molar-refractivity contribution is 6.05. The lowest BCUT2D eigenvalue weighted by atomic mass is 10.1. The van der Waals surface area contributed by atoms with E-state index in [0.717, 1.165) is 5.56 Å². The number of hydrogen-bond acceptors (Lipinski definition) is 4. The van der Waals surface area contributed by atoms with E-state index in [2.05, 4.69) is 16.0 Å². The van der Waals surface area contributed by atoms with Gasteiger partial charge < -0.3 is 15.4 Å². The Morgan fingerprint density at radius 3 is 2.57 bits per heavy atom. The number of carbonyl (C=O) groups excluding carboxylic acids is 3. The van der Waals surface area contributed by atoms with E-state index in [1.165, 1.54) is 0 Å². The van der Waals surface area contributed by atoms with Crippen molar-refractivity contribution in [2.75, 3.05) is 0 Å². The van der Waals surface area contributed by atoms with Gasteiger partial charge in [0.05, 0.1) is 18.6 Å². The van der Waals surface area contributed by atoms with Crippen LogP contribution in [0.15, 0.2) is 24.3 Å². The van der Waals surface area contributed by atoms with E-state index in [1.54, 1.807) is 0 Å². The van der Waals surface area contributed by atoms with E-state index in [9.17, 15) is 14.4 Å². The highest BCUT2D eigenvalue weighted by atomic mass is 16.5. The van der Waals surface area contributed by atoms with Gasteiger partial charge in [-0.05, 0) is 26.8 Å². The fourth-order valence-corrected chi connectivity index (χ4v) is 2.37. The molecule has 0 aliphatic carbocycles. The zero-order chi connectivity index (χ0) is 17.0. The van der Waals surface area contributed by atoms with Crippen molar-refractivity contribution in [3.05, 3.63) is 29.8 Å². The van der Waals surface area contributed by atoms with E-state index < -0.39 is 18.0 Å². The molecule has 7 nitrogen and oxygen atoms in total. The van der Waals surface area contributed by atoms with E-state index in [1.807, 2.05) is 45.0 Å². The summed E-state index contributed by atoms with van der Waals surface area (Å²) in [6.07, 6.45) is -0.0776.